The Morgan fingerprint density at radius 2 is 2.33 bits per heavy atom. The molecule has 1 aromatic rings. The standard InChI is InChI=1S/C11H19N3S/c1-8-9(2)15-10(14-8)6-13-11(3)4-5-12-7-11/h12-13H,4-7H2,1-3H3. The molecular formula is C11H19N3S. The van der Waals surface area contributed by atoms with Gasteiger partial charge in [0.15, 0.2) is 0 Å². The molecule has 1 atom stereocenters. The van der Waals surface area contributed by atoms with Crippen LogP contribution < -0.4 is 10.6 Å². The summed E-state index contributed by atoms with van der Waals surface area (Å²) < 4.78 is 0. The van der Waals surface area contributed by atoms with Crippen molar-refractivity contribution in [1.29, 1.82) is 0 Å². The van der Waals surface area contributed by atoms with Crippen LogP contribution in [0.25, 0.3) is 0 Å². The van der Waals surface area contributed by atoms with Gasteiger partial charge < -0.3 is 10.6 Å². The van der Waals surface area contributed by atoms with E-state index in [0.717, 1.165) is 19.6 Å². The van der Waals surface area contributed by atoms with Gasteiger partial charge in [0.1, 0.15) is 5.01 Å². The quantitative estimate of drug-likeness (QED) is 0.820. The van der Waals surface area contributed by atoms with Crippen LogP contribution in [0.5, 0.6) is 0 Å². The summed E-state index contributed by atoms with van der Waals surface area (Å²) >= 11 is 1.80. The maximum atomic E-state index is 4.54. The first-order chi connectivity index (χ1) is 7.09. The van der Waals surface area contributed by atoms with Crippen molar-refractivity contribution in [3.63, 3.8) is 0 Å². The summed E-state index contributed by atoms with van der Waals surface area (Å²) in [6, 6.07) is 0. The third kappa shape index (κ3) is 2.56. The van der Waals surface area contributed by atoms with E-state index >= 15 is 0 Å². The van der Waals surface area contributed by atoms with Gasteiger partial charge in [0.25, 0.3) is 0 Å². The van der Waals surface area contributed by atoms with Gasteiger partial charge in [-0.2, -0.15) is 0 Å². The van der Waals surface area contributed by atoms with Crippen LogP contribution in [0.15, 0.2) is 0 Å². The Morgan fingerprint density at radius 1 is 1.53 bits per heavy atom. The van der Waals surface area contributed by atoms with E-state index < -0.39 is 0 Å². The maximum absolute atomic E-state index is 4.54. The molecule has 1 aliphatic rings. The molecule has 2 heterocycles. The molecular weight excluding hydrogens is 206 g/mol. The van der Waals surface area contributed by atoms with E-state index in [2.05, 4.69) is 36.4 Å². The van der Waals surface area contributed by atoms with Crippen molar-refractivity contribution in [2.24, 2.45) is 0 Å². The predicted molar refractivity (Wildman–Crippen MR) is 64.3 cm³/mol. The van der Waals surface area contributed by atoms with Crippen molar-refractivity contribution in [1.82, 2.24) is 15.6 Å². The van der Waals surface area contributed by atoms with Gasteiger partial charge in [-0.15, -0.1) is 11.3 Å². The normalized spacial score (nSPS) is 26.1. The molecule has 0 spiro atoms. The fraction of sp³-hybridized carbons (Fsp3) is 0.727. The molecule has 1 aliphatic heterocycles. The first-order valence-corrected chi connectivity index (χ1v) is 6.29. The number of nitrogens with one attached hydrogen (secondary N) is 2. The molecule has 1 aromatic heterocycles. The van der Waals surface area contributed by atoms with Gasteiger partial charge in [-0.25, -0.2) is 4.98 Å². The fourth-order valence-electron chi connectivity index (χ4n) is 1.87. The molecule has 0 bridgehead atoms. The molecule has 4 heteroatoms. The van der Waals surface area contributed by atoms with Crippen molar-refractivity contribution in [3.05, 3.63) is 15.6 Å². The van der Waals surface area contributed by atoms with Crippen LogP contribution in [0.3, 0.4) is 0 Å². The Labute approximate surface area is 95.3 Å². The summed E-state index contributed by atoms with van der Waals surface area (Å²) in [6.45, 7) is 9.58. The van der Waals surface area contributed by atoms with Gasteiger partial charge in [-0.3, -0.25) is 0 Å². The number of rotatable bonds is 3. The fourth-order valence-corrected chi connectivity index (χ4v) is 2.75. The monoisotopic (exact) mass is 225 g/mol. The second-order valence-electron chi connectivity index (χ2n) is 4.59. The lowest BCUT2D eigenvalue weighted by atomic mass is 10.0. The molecule has 1 unspecified atom stereocenters. The highest BCUT2D eigenvalue weighted by atomic mass is 32.1. The lowest BCUT2D eigenvalue weighted by Gasteiger charge is -2.23. The van der Waals surface area contributed by atoms with Crippen LogP contribution in [0.4, 0.5) is 0 Å². The third-order valence-corrected chi connectivity index (χ3v) is 4.18. The summed E-state index contributed by atoms with van der Waals surface area (Å²) in [6.07, 6.45) is 1.20. The predicted octanol–water partition coefficient (Wildman–Crippen LogP) is 1.60. The van der Waals surface area contributed by atoms with E-state index in [1.165, 1.54) is 22.0 Å². The molecule has 0 amide bonds. The number of hydrogen-bond acceptors (Lipinski definition) is 4. The van der Waals surface area contributed by atoms with Gasteiger partial charge in [0, 0.05) is 23.5 Å². The van der Waals surface area contributed by atoms with Gasteiger partial charge in [0.05, 0.1) is 5.69 Å². The third-order valence-electron chi connectivity index (χ3n) is 3.11. The second kappa shape index (κ2) is 4.20. The summed E-state index contributed by atoms with van der Waals surface area (Å²) in [5, 5.41) is 8.19. The van der Waals surface area contributed by atoms with Gasteiger partial charge in [-0.05, 0) is 33.7 Å². The highest BCUT2D eigenvalue weighted by molar-refractivity contribution is 7.11. The molecule has 3 nitrogen and oxygen atoms in total. The highest BCUT2D eigenvalue weighted by Gasteiger charge is 2.27. The topological polar surface area (TPSA) is 37.0 Å². The molecule has 2 N–H and O–H groups in total. The molecule has 2 rings (SSSR count). The van der Waals surface area contributed by atoms with Crippen molar-refractivity contribution < 1.29 is 0 Å². The number of aryl methyl sites for hydroxylation is 2. The van der Waals surface area contributed by atoms with Crippen LogP contribution in [0.1, 0.15) is 28.9 Å². The van der Waals surface area contributed by atoms with Crippen LogP contribution in [-0.4, -0.2) is 23.6 Å². The van der Waals surface area contributed by atoms with E-state index in [1.54, 1.807) is 11.3 Å². The minimum atomic E-state index is 0.257. The zero-order chi connectivity index (χ0) is 10.9. The SMILES string of the molecule is Cc1nc(CNC2(C)CCNC2)sc1C. The van der Waals surface area contributed by atoms with Crippen LogP contribution in [0.2, 0.25) is 0 Å². The van der Waals surface area contributed by atoms with Crippen molar-refractivity contribution in [2.45, 2.75) is 39.3 Å². The number of hydrogen-bond donors (Lipinski definition) is 2. The molecule has 0 aromatic carbocycles. The largest absolute Gasteiger partial charge is 0.315 e. The minimum Gasteiger partial charge on any atom is -0.315 e. The first kappa shape index (κ1) is 11.0. The summed E-state index contributed by atoms with van der Waals surface area (Å²) in [5.74, 6) is 0. The minimum absolute atomic E-state index is 0.257. The van der Waals surface area contributed by atoms with Crippen LogP contribution in [-0.2, 0) is 6.54 Å². The lowest BCUT2D eigenvalue weighted by molar-refractivity contribution is 0.385. The Hall–Kier alpha value is -0.450. The van der Waals surface area contributed by atoms with Crippen molar-refractivity contribution in [3.8, 4) is 0 Å². The summed E-state index contributed by atoms with van der Waals surface area (Å²) in [7, 11) is 0. The van der Waals surface area contributed by atoms with Crippen molar-refractivity contribution >= 4 is 11.3 Å². The second-order valence-corrected chi connectivity index (χ2v) is 5.88. The first-order valence-electron chi connectivity index (χ1n) is 5.48. The molecule has 1 saturated heterocycles. The van der Waals surface area contributed by atoms with E-state index in [0.29, 0.717) is 0 Å². The van der Waals surface area contributed by atoms with Gasteiger partial charge in [-0.1, -0.05) is 0 Å². The Morgan fingerprint density at radius 3 is 2.87 bits per heavy atom. The highest BCUT2D eigenvalue weighted by Crippen LogP contribution is 2.19. The molecule has 0 saturated carbocycles. The number of aromatic nitrogens is 1. The number of nitrogens with zero attached hydrogens (tertiary/aromatic N) is 1. The maximum Gasteiger partial charge on any atom is 0.107 e. The molecule has 84 valence electrons. The molecule has 1 fully saturated rings. The van der Waals surface area contributed by atoms with E-state index in [-0.39, 0.29) is 5.54 Å². The average Bonchev–Trinajstić information content (AvgIpc) is 2.73. The molecule has 0 radical (unpaired) electrons. The smallest absolute Gasteiger partial charge is 0.107 e. The zero-order valence-corrected chi connectivity index (χ0v) is 10.5. The van der Waals surface area contributed by atoms with E-state index in [9.17, 15) is 0 Å². The lowest BCUT2D eigenvalue weighted by Crippen LogP contribution is -2.43. The van der Waals surface area contributed by atoms with Gasteiger partial charge >= 0.3 is 0 Å². The number of thiazole rings is 1. The molecule has 0 aliphatic carbocycles. The average molecular weight is 225 g/mol. The van der Waals surface area contributed by atoms with E-state index in [4.69, 9.17) is 0 Å². The zero-order valence-electron chi connectivity index (χ0n) is 9.68. The summed E-state index contributed by atoms with van der Waals surface area (Å²) in [5.41, 5.74) is 1.43. The van der Waals surface area contributed by atoms with Crippen LogP contribution in [0, 0.1) is 13.8 Å². The van der Waals surface area contributed by atoms with Crippen LogP contribution >= 0.6 is 11.3 Å². The Bertz CT molecular complexity index is 320. The van der Waals surface area contributed by atoms with E-state index in [1.807, 2.05) is 0 Å². The van der Waals surface area contributed by atoms with Crippen molar-refractivity contribution in [2.75, 3.05) is 13.1 Å². The Balaban J connectivity index is 1.92. The summed E-state index contributed by atoms with van der Waals surface area (Å²) in [4.78, 5) is 5.87. The van der Waals surface area contributed by atoms with Gasteiger partial charge in [0.2, 0.25) is 0 Å². The Kier molecular flexibility index (Phi) is 3.09. The molecule has 15 heavy (non-hydrogen) atoms.